The third-order valence-electron chi connectivity index (χ3n) is 4.18. The summed E-state index contributed by atoms with van der Waals surface area (Å²) in [4.78, 5) is 25.0. The Labute approximate surface area is 147 Å². The third-order valence-corrected chi connectivity index (χ3v) is 4.18. The molecule has 1 aliphatic heterocycles. The summed E-state index contributed by atoms with van der Waals surface area (Å²) in [6, 6.07) is 1.81. The average molecular weight is 344 g/mol. The first-order chi connectivity index (χ1) is 12.3. The summed E-state index contributed by atoms with van der Waals surface area (Å²) >= 11 is 0. The predicted molar refractivity (Wildman–Crippen MR) is 92.8 cm³/mol. The Morgan fingerprint density at radius 3 is 2.68 bits per heavy atom. The number of nitrogens with zero attached hydrogens (tertiary/aromatic N) is 7. The Bertz CT molecular complexity index is 666. The highest BCUT2D eigenvalue weighted by atomic mass is 16.2. The van der Waals surface area contributed by atoms with Gasteiger partial charge in [0, 0.05) is 45.1 Å². The molecule has 1 saturated heterocycles. The number of anilines is 1. The molecule has 0 unspecified atom stereocenters. The maximum atomic E-state index is 12.2. The fourth-order valence-electron chi connectivity index (χ4n) is 2.84. The second-order valence-electron chi connectivity index (χ2n) is 6.03. The van der Waals surface area contributed by atoms with Crippen molar-refractivity contribution in [1.29, 1.82) is 0 Å². The fourth-order valence-corrected chi connectivity index (χ4v) is 2.84. The Morgan fingerprint density at radius 2 is 1.96 bits per heavy atom. The lowest BCUT2D eigenvalue weighted by Gasteiger charge is -2.34. The van der Waals surface area contributed by atoms with Crippen LogP contribution in [0.2, 0.25) is 0 Å². The van der Waals surface area contributed by atoms with Crippen molar-refractivity contribution in [3.8, 4) is 0 Å². The molecule has 134 valence electrons. The van der Waals surface area contributed by atoms with Crippen molar-refractivity contribution in [3.63, 3.8) is 0 Å². The zero-order valence-corrected chi connectivity index (χ0v) is 14.5. The van der Waals surface area contributed by atoms with E-state index >= 15 is 0 Å². The van der Waals surface area contributed by atoms with E-state index in [1.807, 2.05) is 10.6 Å². The van der Waals surface area contributed by atoms with Crippen molar-refractivity contribution in [2.45, 2.75) is 26.4 Å². The van der Waals surface area contributed by atoms with Crippen molar-refractivity contribution >= 4 is 11.9 Å². The molecule has 0 atom stereocenters. The van der Waals surface area contributed by atoms with Gasteiger partial charge < -0.3 is 14.8 Å². The predicted octanol–water partition coefficient (Wildman–Crippen LogP) is -0.0835. The molecule has 1 N–H and O–H groups in total. The minimum Gasteiger partial charge on any atom is -0.348 e. The van der Waals surface area contributed by atoms with E-state index in [0.29, 0.717) is 13.1 Å². The summed E-state index contributed by atoms with van der Waals surface area (Å²) in [6.07, 6.45) is 6.21. The van der Waals surface area contributed by atoms with Crippen LogP contribution in [0.3, 0.4) is 0 Å². The van der Waals surface area contributed by atoms with Crippen LogP contribution in [-0.4, -0.2) is 68.3 Å². The van der Waals surface area contributed by atoms with Gasteiger partial charge in [0.2, 0.25) is 11.9 Å². The molecule has 1 aliphatic rings. The zero-order valence-electron chi connectivity index (χ0n) is 14.5. The van der Waals surface area contributed by atoms with Gasteiger partial charge in [0.1, 0.15) is 6.33 Å². The largest absolute Gasteiger partial charge is 0.348 e. The van der Waals surface area contributed by atoms with Crippen LogP contribution in [0.15, 0.2) is 24.8 Å². The Kier molecular flexibility index (Phi) is 5.89. The molecule has 0 aliphatic carbocycles. The van der Waals surface area contributed by atoms with Crippen LogP contribution in [0.1, 0.15) is 19.2 Å². The molecule has 0 radical (unpaired) electrons. The first-order valence-electron chi connectivity index (χ1n) is 8.64. The van der Waals surface area contributed by atoms with E-state index in [-0.39, 0.29) is 5.91 Å². The van der Waals surface area contributed by atoms with Crippen LogP contribution < -0.4 is 10.2 Å². The summed E-state index contributed by atoms with van der Waals surface area (Å²) in [6.45, 7) is 7.05. The number of hydrogen-bond acceptors (Lipinski definition) is 7. The number of nitrogens with one attached hydrogen (secondary N) is 1. The van der Waals surface area contributed by atoms with Crippen molar-refractivity contribution in [1.82, 2.24) is 34.9 Å². The van der Waals surface area contributed by atoms with Crippen LogP contribution in [0.5, 0.6) is 0 Å². The van der Waals surface area contributed by atoms with Crippen LogP contribution in [0.25, 0.3) is 0 Å². The van der Waals surface area contributed by atoms with Gasteiger partial charge >= 0.3 is 0 Å². The maximum Gasteiger partial charge on any atom is 0.234 e. The van der Waals surface area contributed by atoms with Gasteiger partial charge in [0.05, 0.1) is 13.1 Å². The normalized spacial score (nSPS) is 15.3. The van der Waals surface area contributed by atoms with E-state index in [0.717, 1.165) is 50.9 Å². The lowest BCUT2D eigenvalue weighted by molar-refractivity contribution is -0.122. The van der Waals surface area contributed by atoms with E-state index in [9.17, 15) is 4.79 Å². The molecule has 0 saturated carbocycles. The van der Waals surface area contributed by atoms with Gasteiger partial charge in [-0.1, -0.05) is 6.92 Å². The monoisotopic (exact) mass is 344 g/mol. The summed E-state index contributed by atoms with van der Waals surface area (Å²) in [7, 11) is 0. The number of carbonyl (C=O) groups is 1. The molecular weight excluding hydrogens is 320 g/mol. The summed E-state index contributed by atoms with van der Waals surface area (Å²) in [5, 5.41) is 10.9. The van der Waals surface area contributed by atoms with Gasteiger partial charge in [-0.05, 0) is 12.5 Å². The zero-order chi connectivity index (χ0) is 17.5. The number of amides is 1. The molecular formula is C16H24N8O. The first kappa shape index (κ1) is 17.3. The minimum absolute atomic E-state index is 0.00968. The van der Waals surface area contributed by atoms with Crippen LogP contribution in [0, 0.1) is 0 Å². The Morgan fingerprint density at radius 1 is 1.20 bits per heavy atom. The quantitative estimate of drug-likeness (QED) is 0.751. The Hall–Kier alpha value is -2.55. The standard InChI is InChI=1S/C16H24N8O/c1-2-6-24-13-20-21-14(24)11-19-15(25)12-22-7-9-23(10-8-22)16-17-4-3-5-18-16/h3-5,13H,2,6-12H2,1H3,(H,19,25). The number of aryl methyl sites for hydroxylation is 1. The topological polar surface area (TPSA) is 92.1 Å². The molecule has 25 heavy (non-hydrogen) atoms. The highest BCUT2D eigenvalue weighted by Gasteiger charge is 2.20. The highest BCUT2D eigenvalue weighted by molar-refractivity contribution is 5.77. The number of carbonyl (C=O) groups excluding carboxylic acids is 1. The second kappa shape index (κ2) is 8.52. The molecule has 0 spiro atoms. The number of rotatable bonds is 7. The summed E-state index contributed by atoms with van der Waals surface area (Å²) in [5.41, 5.74) is 0. The number of piperazine rings is 1. The van der Waals surface area contributed by atoms with Crippen LogP contribution >= 0.6 is 0 Å². The molecule has 3 rings (SSSR count). The van der Waals surface area contributed by atoms with E-state index < -0.39 is 0 Å². The molecule has 2 aromatic heterocycles. The second-order valence-corrected chi connectivity index (χ2v) is 6.03. The summed E-state index contributed by atoms with van der Waals surface area (Å²) in [5.74, 6) is 1.55. The molecule has 2 aromatic rings. The third kappa shape index (κ3) is 4.72. The molecule has 0 bridgehead atoms. The van der Waals surface area contributed by atoms with Gasteiger partial charge in [0.25, 0.3) is 0 Å². The SMILES string of the molecule is CCCn1cnnc1CNC(=O)CN1CCN(c2ncccn2)CC1. The van der Waals surface area contributed by atoms with Crippen molar-refractivity contribution in [3.05, 3.63) is 30.6 Å². The van der Waals surface area contributed by atoms with Crippen LogP contribution in [0.4, 0.5) is 5.95 Å². The average Bonchev–Trinajstić information content (AvgIpc) is 3.09. The summed E-state index contributed by atoms with van der Waals surface area (Å²) < 4.78 is 1.97. The molecule has 3 heterocycles. The van der Waals surface area contributed by atoms with Gasteiger partial charge in [-0.2, -0.15) is 0 Å². The van der Waals surface area contributed by atoms with Crippen molar-refractivity contribution in [2.24, 2.45) is 0 Å². The van der Waals surface area contributed by atoms with Crippen molar-refractivity contribution in [2.75, 3.05) is 37.6 Å². The van der Waals surface area contributed by atoms with E-state index in [1.54, 1.807) is 18.7 Å². The molecule has 1 fully saturated rings. The van der Waals surface area contributed by atoms with Gasteiger partial charge in [-0.15, -0.1) is 10.2 Å². The molecule has 9 heteroatoms. The Balaban J connectivity index is 1.41. The number of aromatic nitrogens is 5. The fraction of sp³-hybridized carbons (Fsp3) is 0.562. The minimum atomic E-state index is 0.00968. The maximum absolute atomic E-state index is 12.2. The molecule has 0 aromatic carbocycles. The highest BCUT2D eigenvalue weighted by Crippen LogP contribution is 2.09. The first-order valence-corrected chi connectivity index (χ1v) is 8.64. The molecule has 9 nitrogen and oxygen atoms in total. The lowest BCUT2D eigenvalue weighted by Crippen LogP contribution is -2.49. The van der Waals surface area contributed by atoms with Crippen LogP contribution in [-0.2, 0) is 17.9 Å². The van der Waals surface area contributed by atoms with E-state index in [2.05, 4.69) is 42.2 Å². The van der Waals surface area contributed by atoms with Gasteiger partial charge in [-0.25, -0.2) is 9.97 Å². The van der Waals surface area contributed by atoms with Gasteiger partial charge in [-0.3, -0.25) is 9.69 Å². The van der Waals surface area contributed by atoms with Crippen molar-refractivity contribution < 1.29 is 4.79 Å². The number of hydrogen-bond donors (Lipinski definition) is 1. The lowest BCUT2D eigenvalue weighted by atomic mass is 10.3. The molecule has 1 amide bonds. The van der Waals surface area contributed by atoms with E-state index in [1.165, 1.54) is 0 Å². The van der Waals surface area contributed by atoms with Gasteiger partial charge in [0.15, 0.2) is 5.82 Å². The smallest absolute Gasteiger partial charge is 0.234 e. The van der Waals surface area contributed by atoms with E-state index in [4.69, 9.17) is 0 Å².